The van der Waals surface area contributed by atoms with Gasteiger partial charge >= 0.3 is 0 Å². The second-order valence-corrected chi connectivity index (χ2v) is 5.03. The average molecular weight is 261 g/mol. The van der Waals surface area contributed by atoms with Crippen molar-refractivity contribution >= 4 is 11.6 Å². The van der Waals surface area contributed by atoms with Crippen LogP contribution in [0.2, 0.25) is 0 Å². The van der Waals surface area contributed by atoms with Gasteiger partial charge in [0.1, 0.15) is 11.5 Å². The lowest BCUT2D eigenvalue weighted by molar-refractivity contribution is -0.126. The number of likely N-dealkylation sites (tertiary alicyclic amines) is 1. The number of phenolic OH excluding ortho intramolecular Hbond substituents is 1. The number of hydrogen-bond donors (Lipinski definition) is 1. The topological polar surface area (TPSA) is 57.6 Å². The van der Waals surface area contributed by atoms with E-state index < -0.39 is 0 Å². The Bertz CT molecular complexity index is 467. The molecule has 4 heteroatoms. The van der Waals surface area contributed by atoms with Crippen LogP contribution in [0.3, 0.4) is 0 Å². The molecule has 0 saturated carbocycles. The van der Waals surface area contributed by atoms with E-state index >= 15 is 0 Å². The van der Waals surface area contributed by atoms with Gasteiger partial charge in [0.2, 0.25) is 0 Å². The Morgan fingerprint density at radius 1 is 1.37 bits per heavy atom. The van der Waals surface area contributed by atoms with Crippen LogP contribution in [0, 0.1) is 5.92 Å². The highest BCUT2D eigenvalue weighted by atomic mass is 16.3. The summed E-state index contributed by atoms with van der Waals surface area (Å²) in [5.41, 5.74) is 0.600. The summed E-state index contributed by atoms with van der Waals surface area (Å²) in [5, 5.41) is 9.20. The Kier molecular flexibility index (Phi) is 4.32. The van der Waals surface area contributed by atoms with Gasteiger partial charge in [-0.05, 0) is 30.7 Å². The maximum Gasteiger partial charge on any atom is 0.176 e. The summed E-state index contributed by atoms with van der Waals surface area (Å²) in [6.45, 7) is 3.70. The molecule has 0 aliphatic carbocycles. The normalized spacial score (nSPS) is 20.5. The van der Waals surface area contributed by atoms with E-state index in [9.17, 15) is 14.7 Å². The van der Waals surface area contributed by atoms with Gasteiger partial charge in [-0.3, -0.25) is 14.5 Å². The fourth-order valence-corrected chi connectivity index (χ4v) is 2.42. The van der Waals surface area contributed by atoms with Crippen molar-refractivity contribution in [2.24, 2.45) is 5.92 Å². The van der Waals surface area contributed by atoms with E-state index in [1.165, 1.54) is 12.1 Å². The predicted octanol–water partition coefficient (Wildman–Crippen LogP) is 1.88. The number of benzene rings is 1. The summed E-state index contributed by atoms with van der Waals surface area (Å²) in [6, 6.07) is 6.29. The van der Waals surface area contributed by atoms with Crippen molar-refractivity contribution in [3.63, 3.8) is 0 Å². The lowest BCUT2D eigenvalue weighted by atomic mass is 9.94. The highest BCUT2D eigenvalue weighted by Gasteiger charge is 2.26. The number of carbonyl (C=O) groups is 2. The van der Waals surface area contributed by atoms with Crippen molar-refractivity contribution in [1.82, 2.24) is 4.90 Å². The zero-order valence-corrected chi connectivity index (χ0v) is 11.1. The molecule has 102 valence electrons. The minimum Gasteiger partial charge on any atom is -0.508 e. The first-order valence-electron chi connectivity index (χ1n) is 6.67. The van der Waals surface area contributed by atoms with Gasteiger partial charge in [0.25, 0.3) is 0 Å². The molecule has 1 atom stereocenters. The summed E-state index contributed by atoms with van der Waals surface area (Å²) >= 11 is 0. The van der Waals surface area contributed by atoms with Crippen LogP contribution in [0.1, 0.15) is 30.1 Å². The number of carbonyl (C=O) groups excluding carboxylic acids is 2. The van der Waals surface area contributed by atoms with Gasteiger partial charge in [-0.15, -0.1) is 0 Å². The number of hydrogen-bond acceptors (Lipinski definition) is 4. The van der Waals surface area contributed by atoms with Crippen LogP contribution < -0.4 is 0 Å². The van der Waals surface area contributed by atoms with E-state index in [0.29, 0.717) is 37.4 Å². The van der Waals surface area contributed by atoms with E-state index in [0.717, 1.165) is 6.42 Å². The molecule has 0 bridgehead atoms. The van der Waals surface area contributed by atoms with Gasteiger partial charge in [-0.2, -0.15) is 0 Å². The molecule has 1 aliphatic rings. The van der Waals surface area contributed by atoms with E-state index in [-0.39, 0.29) is 17.5 Å². The number of piperidine rings is 1. The third kappa shape index (κ3) is 3.41. The second kappa shape index (κ2) is 5.97. The smallest absolute Gasteiger partial charge is 0.176 e. The van der Waals surface area contributed by atoms with Crippen LogP contribution in [0.25, 0.3) is 0 Å². The summed E-state index contributed by atoms with van der Waals surface area (Å²) in [5.74, 6) is 0.576. The number of ketones is 2. The molecule has 1 aliphatic heterocycles. The van der Waals surface area contributed by atoms with Crippen molar-refractivity contribution in [3.05, 3.63) is 29.8 Å². The SMILES string of the molecule is CCC1CN(CC(=O)c2ccc(O)cc2)CCC1=O. The number of Topliss-reactive ketones (excluding diaryl/α,β-unsaturated/α-hetero) is 2. The summed E-state index contributed by atoms with van der Waals surface area (Å²) in [6.07, 6.45) is 1.38. The number of rotatable bonds is 4. The van der Waals surface area contributed by atoms with Crippen molar-refractivity contribution in [2.75, 3.05) is 19.6 Å². The molecular formula is C15H19NO3. The third-order valence-corrected chi connectivity index (χ3v) is 3.66. The Morgan fingerprint density at radius 3 is 2.68 bits per heavy atom. The largest absolute Gasteiger partial charge is 0.508 e. The van der Waals surface area contributed by atoms with Crippen molar-refractivity contribution < 1.29 is 14.7 Å². The third-order valence-electron chi connectivity index (χ3n) is 3.66. The first-order valence-corrected chi connectivity index (χ1v) is 6.67. The lowest BCUT2D eigenvalue weighted by Gasteiger charge is -2.30. The van der Waals surface area contributed by atoms with Crippen molar-refractivity contribution in [3.8, 4) is 5.75 Å². The number of aromatic hydroxyl groups is 1. The van der Waals surface area contributed by atoms with E-state index in [2.05, 4.69) is 0 Å². The highest BCUT2D eigenvalue weighted by Crippen LogP contribution is 2.17. The molecular weight excluding hydrogens is 242 g/mol. The molecule has 1 unspecified atom stereocenters. The Labute approximate surface area is 113 Å². The first kappa shape index (κ1) is 13.7. The van der Waals surface area contributed by atoms with Crippen molar-refractivity contribution in [1.29, 1.82) is 0 Å². The zero-order chi connectivity index (χ0) is 13.8. The molecule has 1 aromatic carbocycles. The van der Waals surface area contributed by atoms with Crippen LogP contribution >= 0.6 is 0 Å². The fraction of sp³-hybridized carbons (Fsp3) is 0.467. The highest BCUT2D eigenvalue weighted by molar-refractivity contribution is 5.97. The minimum absolute atomic E-state index is 0.0317. The maximum absolute atomic E-state index is 12.1. The van der Waals surface area contributed by atoms with Gasteiger partial charge < -0.3 is 5.11 Å². The Hall–Kier alpha value is -1.68. The zero-order valence-electron chi connectivity index (χ0n) is 11.1. The molecule has 0 aromatic heterocycles. The standard InChI is InChI=1S/C15H19NO3/c1-2-11-9-16(8-7-14(11)18)10-15(19)12-3-5-13(17)6-4-12/h3-6,11,17H,2,7-10H2,1H3. The molecule has 1 heterocycles. The molecule has 4 nitrogen and oxygen atoms in total. The second-order valence-electron chi connectivity index (χ2n) is 5.03. The Morgan fingerprint density at radius 2 is 2.05 bits per heavy atom. The molecule has 0 radical (unpaired) electrons. The molecule has 2 rings (SSSR count). The summed E-state index contributed by atoms with van der Waals surface area (Å²) in [4.78, 5) is 25.8. The van der Waals surface area contributed by atoms with Gasteiger partial charge in [-0.1, -0.05) is 6.92 Å². The monoisotopic (exact) mass is 261 g/mol. The summed E-state index contributed by atoms with van der Waals surface area (Å²) in [7, 11) is 0. The molecule has 0 spiro atoms. The van der Waals surface area contributed by atoms with Gasteiger partial charge in [0.15, 0.2) is 5.78 Å². The van der Waals surface area contributed by atoms with Crippen LogP contribution in [0.4, 0.5) is 0 Å². The molecule has 1 N–H and O–H groups in total. The number of phenols is 1. The average Bonchev–Trinajstić information content (AvgIpc) is 2.41. The lowest BCUT2D eigenvalue weighted by Crippen LogP contribution is -2.42. The predicted molar refractivity (Wildman–Crippen MR) is 72.3 cm³/mol. The van der Waals surface area contributed by atoms with E-state index in [4.69, 9.17) is 0 Å². The molecule has 1 fully saturated rings. The van der Waals surface area contributed by atoms with Gasteiger partial charge in [0.05, 0.1) is 6.54 Å². The first-order chi connectivity index (χ1) is 9.10. The molecule has 0 amide bonds. The molecule has 19 heavy (non-hydrogen) atoms. The van der Waals surface area contributed by atoms with Crippen LogP contribution in [-0.4, -0.2) is 41.2 Å². The quantitative estimate of drug-likeness (QED) is 0.841. The van der Waals surface area contributed by atoms with Crippen LogP contribution in [-0.2, 0) is 4.79 Å². The van der Waals surface area contributed by atoms with Crippen molar-refractivity contribution in [2.45, 2.75) is 19.8 Å². The van der Waals surface area contributed by atoms with E-state index in [1.807, 2.05) is 11.8 Å². The maximum atomic E-state index is 12.1. The molecule has 1 aromatic rings. The van der Waals surface area contributed by atoms with Gasteiger partial charge in [-0.25, -0.2) is 0 Å². The van der Waals surface area contributed by atoms with Crippen LogP contribution in [0.5, 0.6) is 5.75 Å². The minimum atomic E-state index is 0.0317. The molecule has 1 saturated heterocycles. The Balaban J connectivity index is 1.95. The van der Waals surface area contributed by atoms with E-state index in [1.54, 1.807) is 12.1 Å². The fourth-order valence-electron chi connectivity index (χ4n) is 2.42. The van der Waals surface area contributed by atoms with Gasteiger partial charge in [0, 0.05) is 31.0 Å². The summed E-state index contributed by atoms with van der Waals surface area (Å²) < 4.78 is 0. The van der Waals surface area contributed by atoms with Crippen LogP contribution in [0.15, 0.2) is 24.3 Å². The number of nitrogens with zero attached hydrogens (tertiary/aromatic N) is 1.